The summed E-state index contributed by atoms with van der Waals surface area (Å²) >= 11 is 0. The van der Waals surface area contributed by atoms with E-state index >= 15 is 0 Å². The van der Waals surface area contributed by atoms with Crippen molar-refractivity contribution in [3.63, 3.8) is 0 Å². The maximum absolute atomic E-state index is 12.1. The third-order valence-corrected chi connectivity index (χ3v) is 4.24. The number of nitrogens with zero attached hydrogens (tertiary/aromatic N) is 3. The van der Waals surface area contributed by atoms with Gasteiger partial charge < -0.3 is 5.32 Å². The summed E-state index contributed by atoms with van der Waals surface area (Å²) in [4.78, 5) is 0.168. The minimum Gasteiger partial charge on any atom is -0.315 e. The van der Waals surface area contributed by atoms with Gasteiger partial charge in [0.05, 0.1) is 18.9 Å². The lowest BCUT2D eigenvalue weighted by molar-refractivity contribution is 0.552. The molecule has 8 nitrogen and oxygen atoms in total. The Morgan fingerprint density at radius 1 is 1.33 bits per heavy atom. The van der Waals surface area contributed by atoms with Gasteiger partial charge in [-0.05, 0) is 13.0 Å². The number of sulfonamides is 1. The number of hydrogen-bond acceptors (Lipinski definition) is 5. The van der Waals surface area contributed by atoms with E-state index in [9.17, 15) is 8.42 Å². The fourth-order valence-electron chi connectivity index (χ4n) is 1.74. The fraction of sp³-hybridized carbons (Fsp3) is 0.500. The topological polar surface area (TPSA) is 105 Å². The summed E-state index contributed by atoms with van der Waals surface area (Å²) in [6.07, 6.45) is 7.18. The zero-order valence-electron chi connectivity index (χ0n) is 11.9. The Labute approximate surface area is 124 Å². The number of rotatable bonds is 9. The Morgan fingerprint density at radius 2 is 2.19 bits per heavy atom. The molecule has 0 unspecified atom stereocenters. The van der Waals surface area contributed by atoms with Crippen LogP contribution in [0.25, 0.3) is 0 Å². The molecule has 0 aromatic carbocycles. The third kappa shape index (κ3) is 4.66. The SMILES string of the molecule is CCCNCCn1cc(S(=O)(=O)NCc2cn[nH]c2)cn1. The molecule has 0 aliphatic rings. The van der Waals surface area contributed by atoms with Crippen LogP contribution in [0.3, 0.4) is 0 Å². The van der Waals surface area contributed by atoms with E-state index in [2.05, 4.69) is 32.3 Å². The smallest absolute Gasteiger partial charge is 0.243 e. The van der Waals surface area contributed by atoms with Gasteiger partial charge >= 0.3 is 0 Å². The molecule has 9 heteroatoms. The van der Waals surface area contributed by atoms with Gasteiger partial charge in [0.2, 0.25) is 10.0 Å². The van der Waals surface area contributed by atoms with Crippen molar-refractivity contribution in [2.45, 2.75) is 31.3 Å². The van der Waals surface area contributed by atoms with E-state index in [1.54, 1.807) is 17.1 Å². The van der Waals surface area contributed by atoms with E-state index in [1.807, 2.05) is 0 Å². The lowest BCUT2D eigenvalue weighted by Gasteiger charge is -2.03. The summed E-state index contributed by atoms with van der Waals surface area (Å²) in [5.74, 6) is 0. The van der Waals surface area contributed by atoms with Gasteiger partial charge in [-0.15, -0.1) is 0 Å². The highest BCUT2D eigenvalue weighted by atomic mass is 32.2. The van der Waals surface area contributed by atoms with Gasteiger partial charge in [-0.2, -0.15) is 10.2 Å². The van der Waals surface area contributed by atoms with Crippen LogP contribution in [0.15, 0.2) is 29.7 Å². The number of aromatic amines is 1. The molecule has 0 saturated heterocycles. The number of H-pyrrole nitrogens is 1. The second-order valence-electron chi connectivity index (χ2n) is 4.62. The summed E-state index contributed by atoms with van der Waals surface area (Å²) in [6, 6.07) is 0. The van der Waals surface area contributed by atoms with Crippen molar-refractivity contribution in [3.05, 3.63) is 30.4 Å². The predicted molar refractivity (Wildman–Crippen MR) is 78.0 cm³/mol. The van der Waals surface area contributed by atoms with Crippen molar-refractivity contribution in [1.82, 2.24) is 30.0 Å². The lowest BCUT2D eigenvalue weighted by Crippen LogP contribution is -2.23. The fourth-order valence-corrected chi connectivity index (χ4v) is 2.71. The van der Waals surface area contributed by atoms with Gasteiger partial charge in [-0.3, -0.25) is 9.78 Å². The largest absolute Gasteiger partial charge is 0.315 e. The van der Waals surface area contributed by atoms with Crippen LogP contribution in [-0.2, 0) is 23.1 Å². The van der Waals surface area contributed by atoms with Crippen LogP contribution in [0.4, 0.5) is 0 Å². The molecule has 0 aliphatic heterocycles. The van der Waals surface area contributed by atoms with Crippen LogP contribution >= 0.6 is 0 Å². The first-order valence-corrected chi connectivity index (χ1v) is 8.30. The van der Waals surface area contributed by atoms with E-state index in [1.165, 1.54) is 12.4 Å². The molecule has 0 bridgehead atoms. The van der Waals surface area contributed by atoms with Gasteiger partial charge in [0.15, 0.2) is 0 Å². The molecule has 3 N–H and O–H groups in total. The molecule has 21 heavy (non-hydrogen) atoms. The van der Waals surface area contributed by atoms with Crippen molar-refractivity contribution in [2.24, 2.45) is 0 Å². The quantitative estimate of drug-likeness (QED) is 0.569. The predicted octanol–water partition coefficient (Wildman–Crippen LogP) is 0.0843. The van der Waals surface area contributed by atoms with Crippen LogP contribution in [0.5, 0.6) is 0 Å². The Hall–Kier alpha value is -1.71. The van der Waals surface area contributed by atoms with Crippen molar-refractivity contribution in [1.29, 1.82) is 0 Å². The highest BCUT2D eigenvalue weighted by Crippen LogP contribution is 2.07. The van der Waals surface area contributed by atoms with E-state index in [-0.39, 0.29) is 11.4 Å². The number of aromatic nitrogens is 4. The second-order valence-corrected chi connectivity index (χ2v) is 6.39. The lowest BCUT2D eigenvalue weighted by atomic mass is 10.4. The molecule has 0 amide bonds. The summed E-state index contributed by atoms with van der Waals surface area (Å²) in [5.41, 5.74) is 0.773. The van der Waals surface area contributed by atoms with Crippen LogP contribution < -0.4 is 10.0 Å². The molecular formula is C12H20N6O2S. The Balaban J connectivity index is 1.89. The van der Waals surface area contributed by atoms with Crippen molar-refractivity contribution in [2.75, 3.05) is 13.1 Å². The minimum absolute atomic E-state index is 0.168. The van der Waals surface area contributed by atoms with Gasteiger partial charge in [-0.25, -0.2) is 13.1 Å². The highest BCUT2D eigenvalue weighted by Gasteiger charge is 2.16. The zero-order valence-corrected chi connectivity index (χ0v) is 12.7. The Morgan fingerprint density at radius 3 is 2.90 bits per heavy atom. The van der Waals surface area contributed by atoms with Crippen LogP contribution in [0.1, 0.15) is 18.9 Å². The van der Waals surface area contributed by atoms with E-state index < -0.39 is 10.0 Å². The first kappa shape index (κ1) is 15.7. The van der Waals surface area contributed by atoms with E-state index in [0.717, 1.165) is 25.1 Å². The summed E-state index contributed by atoms with van der Waals surface area (Å²) in [7, 11) is -3.55. The first-order valence-electron chi connectivity index (χ1n) is 6.82. The van der Waals surface area contributed by atoms with Crippen LogP contribution in [0.2, 0.25) is 0 Å². The molecule has 2 aromatic rings. The molecule has 2 aromatic heterocycles. The molecule has 0 aliphatic carbocycles. The van der Waals surface area contributed by atoms with E-state index in [4.69, 9.17) is 0 Å². The molecule has 0 fully saturated rings. The van der Waals surface area contributed by atoms with Gasteiger partial charge in [0.25, 0.3) is 0 Å². The summed E-state index contributed by atoms with van der Waals surface area (Å²) in [6.45, 7) is 4.63. The molecule has 116 valence electrons. The highest BCUT2D eigenvalue weighted by molar-refractivity contribution is 7.89. The zero-order chi connectivity index (χ0) is 15.1. The van der Waals surface area contributed by atoms with E-state index in [0.29, 0.717) is 6.54 Å². The molecule has 0 atom stereocenters. The monoisotopic (exact) mass is 312 g/mol. The third-order valence-electron chi connectivity index (χ3n) is 2.89. The minimum atomic E-state index is -3.55. The maximum atomic E-state index is 12.1. The number of nitrogens with one attached hydrogen (secondary N) is 3. The van der Waals surface area contributed by atoms with Crippen molar-refractivity contribution in [3.8, 4) is 0 Å². The van der Waals surface area contributed by atoms with Gasteiger partial charge in [0.1, 0.15) is 4.90 Å². The molecule has 2 rings (SSSR count). The molecule has 2 heterocycles. The number of hydrogen-bond donors (Lipinski definition) is 3. The maximum Gasteiger partial charge on any atom is 0.243 e. The summed E-state index contributed by atoms with van der Waals surface area (Å²) in [5, 5.41) is 13.7. The Bertz CT molecular complexity index is 635. The van der Waals surface area contributed by atoms with Crippen LogP contribution in [-0.4, -0.2) is 41.5 Å². The normalized spacial score (nSPS) is 11.9. The van der Waals surface area contributed by atoms with Gasteiger partial charge in [-0.1, -0.05) is 6.92 Å². The average molecular weight is 312 g/mol. The van der Waals surface area contributed by atoms with Crippen molar-refractivity contribution < 1.29 is 8.42 Å². The average Bonchev–Trinajstić information content (AvgIpc) is 3.13. The molecule has 0 spiro atoms. The molecule has 0 saturated carbocycles. The molecular weight excluding hydrogens is 292 g/mol. The first-order chi connectivity index (χ1) is 10.1. The van der Waals surface area contributed by atoms with Crippen molar-refractivity contribution >= 4 is 10.0 Å². The summed E-state index contributed by atoms with van der Waals surface area (Å²) < 4.78 is 28.3. The molecule has 0 radical (unpaired) electrons. The van der Waals surface area contributed by atoms with Gasteiger partial charge in [0, 0.05) is 31.0 Å². The Kier molecular flexibility index (Phi) is 5.48. The standard InChI is InChI=1S/C12H20N6O2S/c1-2-3-13-4-5-18-10-12(9-16-18)21(19,20)17-8-11-6-14-15-7-11/h6-7,9-10,13,17H,2-5,8H2,1H3,(H,14,15). The second kappa shape index (κ2) is 7.34. The van der Waals surface area contributed by atoms with Crippen LogP contribution in [0, 0.1) is 0 Å².